The van der Waals surface area contributed by atoms with Gasteiger partial charge in [0.05, 0.1) is 13.1 Å². The van der Waals surface area contributed by atoms with Crippen LogP contribution >= 0.6 is 0 Å². The van der Waals surface area contributed by atoms with Gasteiger partial charge in [-0.3, -0.25) is 33.7 Å². The first-order chi connectivity index (χ1) is 11.4. The summed E-state index contributed by atoms with van der Waals surface area (Å²) in [6.07, 6.45) is -2.19. The van der Waals surface area contributed by atoms with E-state index < -0.39 is 73.2 Å². The first-order valence-electron chi connectivity index (χ1n) is 6.45. The summed E-state index contributed by atoms with van der Waals surface area (Å²) >= 11 is 0. The molecule has 1 atom stereocenters. The fourth-order valence-electron chi connectivity index (χ4n) is 2.33. The zero-order valence-corrected chi connectivity index (χ0v) is 12.5. The first kappa shape index (κ1) is 21.8. The van der Waals surface area contributed by atoms with Gasteiger partial charge < -0.3 is 30.6 Å². The van der Waals surface area contributed by atoms with E-state index in [9.17, 15) is 33.9 Å². The summed E-state index contributed by atoms with van der Waals surface area (Å²) in [4.78, 5) is 67.1. The molecule has 0 fully saturated rings. The monoisotopic (exact) mass is 365 g/mol. The van der Waals surface area contributed by atoms with Gasteiger partial charge in [-0.15, -0.1) is 0 Å². The lowest BCUT2D eigenvalue weighted by atomic mass is 9.78. The molecule has 0 aromatic heterocycles. The number of carboxylic acids is 6. The molecular formula is C12H15NO12. The molecule has 0 aliphatic heterocycles. The van der Waals surface area contributed by atoms with Gasteiger partial charge in [-0.2, -0.15) is 0 Å². The minimum Gasteiger partial charge on any atom is -0.481 e. The summed E-state index contributed by atoms with van der Waals surface area (Å²) in [5.41, 5.74) is -3.12. The molecule has 0 heterocycles. The van der Waals surface area contributed by atoms with Crippen molar-refractivity contribution in [3.63, 3.8) is 0 Å². The summed E-state index contributed by atoms with van der Waals surface area (Å²) in [6.45, 7) is -2.68. The summed E-state index contributed by atoms with van der Waals surface area (Å²) < 4.78 is 0. The highest BCUT2D eigenvalue weighted by Crippen LogP contribution is 2.32. The second-order valence-electron chi connectivity index (χ2n) is 4.88. The Morgan fingerprint density at radius 1 is 0.720 bits per heavy atom. The molecule has 0 aromatic carbocycles. The highest BCUT2D eigenvalue weighted by molar-refractivity contribution is 6.01. The Bertz CT molecular complexity index is 569. The fraction of sp³-hybridized carbons (Fsp3) is 0.500. The van der Waals surface area contributed by atoms with E-state index in [2.05, 4.69) is 0 Å². The highest BCUT2D eigenvalue weighted by atomic mass is 16.4. The van der Waals surface area contributed by atoms with E-state index in [1.807, 2.05) is 0 Å². The zero-order chi connectivity index (χ0) is 19.9. The Kier molecular flexibility index (Phi) is 7.48. The van der Waals surface area contributed by atoms with Gasteiger partial charge in [0.15, 0.2) is 5.92 Å². The van der Waals surface area contributed by atoms with Gasteiger partial charge >= 0.3 is 35.8 Å². The maximum absolute atomic E-state index is 11.7. The van der Waals surface area contributed by atoms with Gasteiger partial charge in [-0.1, -0.05) is 0 Å². The summed E-state index contributed by atoms with van der Waals surface area (Å²) in [5.74, 6) is -14.5. The second-order valence-corrected chi connectivity index (χ2v) is 4.88. The lowest BCUT2D eigenvalue weighted by Gasteiger charge is -2.40. The molecule has 0 rings (SSSR count). The van der Waals surface area contributed by atoms with Crippen molar-refractivity contribution in [2.45, 2.75) is 18.4 Å². The third-order valence-corrected chi connectivity index (χ3v) is 3.28. The number of hydrogen-bond donors (Lipinski definition) is 6. The molecule has 0 aliphatic carbocycles. The molecule has 6 N–H and O–H groups in total. The summed E-state index contributed by atoms with van der Waals surface area (Å²) in [6, 6.07) is 0. The Labute approximate surface area is 138 Å². The van der Waals surface area contributed by atoms with Gasteiger partial charge in [-0.05, 0) is 6.42 Å². The minimum atomic E-state index is -3.12. The summed E-state index contributed by atoms with van der Waals surface area (Å²) in [5, 5.41) is 54.1. The van der Waals surface area contributed by atoms with Crippen LogP contribution in [0.25, 0.3) is 0 Å². The van der Waals surface area contributed by atoms with Crippen LogP contribution in [-0.2, 0) is 28.8 Å². The SMILES string of the molecule is O=C(O)CC[C@](C(=O)O)(C(C(=O)O)C(=O)O)N(CC(=O)O)CC(=O)O. The molecule has 0 bridgehead atoms. The predicted octanol–water partition coefficient (Wildman–Crippen LogP) is -2.07. The quantitative estimate of drug-likeness (QED) is 0.204. The molecule has 0 radical (unpaired) electrons. The molecule has 0 saturated carbocycles. The molecule has 13 heteroatoms. The van der Waals surface area contributed by atoms with Crippen LogP contribution in [-0.4, -0.2) is 90.0 Å². The number of rotatable bonds is 12. The van der Waals surface area contributed by atoms with Gasteiger partial charge in [0.25, 0.3) is 0 Å². The normalized spacial score (nSPS) is 13.2. The third kappa shape index (κ3) is 5.42. The van der Waals surface area contributed by atoms with Gasteiger partial charge in [0.1, 0.15) is 5.54 Å². The zero-order valence-electron chi connectivity index (χ0n) is 12.5. The third-order valence-electron chi connectivity index (χ3n) is 3.28. The maximum atomic E-state index is 11.7. The molecule has 25 heavy (non-hydrogen) atoms. The van der Waals surface area contributed by atoms with Crippen molar-refractivity contribution < 1.29 is 59.4 Å². The number of carbonyl (C=O) groups is 6. The Morgan fingerprint density at radius 3 is 1.36 bits per heavy atom. The van der Waals surface area contributed by atoms with Gasteiger partial charge in [-0.25, -0.2) is 0 Å². The fourth-order valence-corrected chi connectivity index (χ4v) is 2.33. The lowest BCUT2D eigenvalue weighted by Crippen LogP contribution is -2.65. The van der Waals surface area contributed by atoms with Crippen LogP contribution in [0, 0.1) is 5.92 Å². The standard InChI is InChI=1S/C12H15NO12/c14-5(15)1-2-12(11(24)25,8(9(20)21)10(22)23)13(3-6(16)17)4-7(18)19/h8H,1-4H2,(H,14,15)(H,16,17)(H,18,19)(H,20,21)(H,22,23)(H,24,25)/t12-/m1/s1. The van der Waals surface area contributed by atoms with Crippen molar-refractivity contribution in [1.82, 2.24) is 4.90 Å². The molecule has 0 aromatic rings. The number of carboxylic acid groups (broad SMARTS) is 6. The highest BCUT2D eigenvalue weighted by Gasteiger charge is 2.58. The van der Waals surface area contributed by atoms with Crippen LogP contribution in [0.3, 0.4) is 0 Å². The van der Waals surface area contributed by atoms with Crippen molar-refractivity contribution in [3.05, 3.63) is 0 Å². The van der Waals surface area contributed by atoms with E-state index in [0.717, 1.165) is 0 Å². The molecule has 0 saturated heterocycles. The minimum absolute atomic E-state index is 0.107. The van der Waals surface area contributed by atoms with Crippen LogP contribution in [0.4, 0.5) is 0 Å². The lowest BCUT2D eigenvalue weighted by molar-refractivity contribution is -0.180. The largest absolute Gasteiger partial charge is 0.481 e. The topological polar surface area (TPSA) is 227 Å². The first-order valence-corrected chi connectivity index (χ1v) is 6.45. The maximum Gasteiger partial charge on any atom is 0.325 e. The molecule has 140 valence electrons. The van der Waals surface area contributed by atoms with E-state index >= 15 is 0 Å². The number of nitrogens with zero attached hydrogens (tertiary/aromatic N) is 1. The van der Waals surface area contributed by atoms with Crippen LogP contribution in [0.1, 0.15) is 12.8 Å². The average molecular weight is 365 g/mol. The van der Waals surface area contributed by atoms with Crippen molar-refractivity contribution in [3.8, 4) is 0 Å². The molecule has 0 amide bonds. The molecule has 0 aliphatic rings. The van der Waals surface area contributed by atoms with Crippen LogP contribution in [0.5, 0.6) is 0 Å². The van der Waals surface area contributed by atoms with E-state index in [1.165, 1.54) is 0 Å². The number of aliphatic carboxylic acids is 6. The van der Waals surface area contributed by atoms with Gasteiger partial charge in [0.2, 0.25) is 0 Å². The molecular weight excluding hydrogens is 350 g/mol. The Balaban J connectivity index is 6.53. The van der Waals surface area contributed by atoms with Crippen molar-refractivity contribution >= 4 is 35.8 Å². The van der Waals surface area contributed by atoms with E-state index in [4.69, 9.17) is 25.5 Å². The smallest absolute Gasteiger partial charge is 0.325 e. The number of hydrogen-bond acceptors (Lipinski definition) is 7. The van der Waals surface area contributed by atoms with E-state index in [1.54, 1.807) is 0 Å². The van der Waals surface area contributed by atoms with Crippen LogP contribution < -0.4 is 0 Å². The van der Waals surface area contributed by atoms with Crippen molar-refractivity contribution in [2.75, 3.05) is 13.1 Å². The average Bonchev–Trinajstić information content (AvgIpc) is 2.39. The Hall–Kier alpha value is -3.22. The van der Waals surface area contributed by atoms with E-state index in [0.29, 0.717) is 0 Å². The van der Waals surface area contributed by atoms with Crippen molar-refractivity contribution in [1.29, 1.82) is 0 Å². The van der Waals surface area contributed by atoms with Crippen LogP contribution in [0.15, 0.2) is 0 Å². The molecule has 0 unspecified atom stereocenters. The predicted molar refractivity (Wildman–Crippen MR) is 72.8 cm³/mol. The van der Waals surface area contributed by atoms with Crippen molar-refractivity contribution in [2.24, 2.45) is 5.92 Å². The molecule has 0 spiro atoms. The van der Waals surface area contributed by atoms with E-state index in [-0.39, 0.29) is 4.90 Å². The van der Waals surface area contributed by atoms with Gasteiger partial charge in [0, 0.05) is 6.42 Å². The molecule has 13 nitrogen and oxygen atoms in total. The summed E-state index contributed by atoms with van der Waals surface area (Å²) in [7, 11) is 0. The second kappa shape index (κ2) is 8.58. The van der Waals surface area contributed by atoms with Crippen LogP contribution in [0.2, 0.25) is 0 Å². The Morgan fingerprint density at radius 2 is 1.12 bits per heavy atom.